The number of carboxylic acid groups (broad SMARTS) is 1. The van der Waals surface area contributed by atoms with Crippen LogP contribution in [0.5, 0.6) is 0 Å². The molecule has 2 aromatic carbocycles. The molecule has 0 bridgehead atoms. The van der Waals surface area contributed by atoms with Gasteiger partial charge in [-0.2, -0.15) is 0 Å². The zero-order valence-corrected chi connectivity index (χ0v) is 15.9. The van der Waals surface area contributed by atoms with Crippen molar-refractivity contribution in [2.75, 3.05) is 0 Å². The predicted octanol–water partition coefficient (Wildman–Crippen LogP) is 1.80. The zero-order chi connectivity index (χ0) is 20.0. The van der Waals surface area contributed by atoms with E-state index in [9.17, 15) is 23.1 Å². The summed E-state index contributed by atoms with van der Waals surface area (Å²) in [7, 11) is -3.76. The average Bonchev–Trinajstić information content (AvgIpc) is 2.61. The first kappa shape index (κ1) is 20.6. The van der Waals surface area contributed by atoms with Gasteiger partial charge in [0.15, 0.2) is 0 Å². The second kappa shape index (κ2) is 8.79. The molecule has 0 heterocycles. The van der Waals surface area contributed by atoms with E-state index in [1.54, 1.807) is 38.1 Å². The SMILES string of the molecule is CC(C)NS(=O)(=O)c1cccc(C(=O)N[C@H](Cc2ccccc2)C(=O)O)c1. The van der Waals surface area contributed by atoms with E-state index in [2.05, 4.69) is 10.0 Å². The Bertz CT molecular complexity index is 911. The Balaban J connectivity index is 2.19. The molecule has 0 aliphatic heterocycles. The van der Waals surface area contributed by atoms with E-state index >= 15 is 0 Å². The number of carboxylic acids is 1. The number of hydrogen-bond acceptors (Lipinski definition) is 4. The first-order valence-electron chi connectivity index (χ1n) is 8.39. The van der Waals surface area contributed by atoms with Gasteiger partial charge in [-0.15, -0.1) is 0 Å². The summed E-state index contributed by atoms with van der Waals surface area (Å²) in [5, 5.41) is 11.8. The third-order valence-corrected chi connectivity index (χ3v) is 5.34. The Hall–Kier alpha value is -2.71. The minimum Gasteiger partial charge on any atom is -0.480 e. The molecule has 0 saturated heterocycles. The van der Waals surface area contributed by atoms with Gasteiger partial charge in [0.2, 0.25) is 10.0 Å². The third kappa shape index (κ3) is 5.90. The average molecular weight is 390 g/mol. The van der Waals surface area contributed by atoms with Crippen molar-refractivity contribution < 1.29 is 23.1 Å². The lowest BCUT2D eigenvalue weighted by molar-refractivity contribution is -0.139. The van der Waals surface area contributed by atoms with Crippen LogP contribution < -0.4 is 10.0 Å². The highest BCUT2D eigenvalue weighted by molar-refractivity contribution is 7.89. The van der Waals surface area contributed by atoms with Gasteiger partial charge in [0.25, 0.3) is 5.91 Å². The summed E-state index contributed by atoms with van der Waals surface area (Å²) in [6, 6.07) is 13.0. The van der Waals surface area contributed by atoms with Crippen LogP contribution in [0.3, 0.4) is 0 Å². The van der Waals surface area contributed by atoms with Gasteiger partial charge in [0.1, 0.15) is 6.04 Å². The Kier molecular flexibility index (Phi) is 6.70. The molecular weight excluding hydrogens is 368 g/mol. The first-order chi connectivity index (χ1) is 12.7. The molecule has 2 rings (SSSR count). The topological polar surface area (TPSA) is 113 Å². The summed E-state index contributed by atoms with van der Waals surface area (Å²) < 4.78 is 26.9. The maximum Gasteiger partial charge on any atom is 0.326 e. The van der Waals surface area contributed by atoms with Crippen molar-refractivity contribution in [1.82, 2.24) is 10.0 Å². The molecule has 1 amide bonds. The molecule has 144 valence electrons. The fraction of sp³-hybridized carbons (Fsp3) is 0.263. The standard InChI is InChI=1S/C19H22N2O5S/c1-13(2)21-27(25,26)16-10-6-9-15(12-16)18(22)20-17(19(23)24)11-14-7-4-3-5-8-14/h3-10,12-13,17,21H,11H2,1-2H3,(H,20,22)(H,23,24)/t17-/m1/s1. The third-order valence-electron chi connectivity index (χ3n) is 3.68. The summed E-state index contributed by atoms with van der Waals surface area (Å²) in [5.74, 6) is -1.82. The van der Waals surface area contributed by atoms with Crippen molar-refractivity contribution in [2.24, 2.45) is 0 Å². The van der Waals surface area contributed by atoms with Gasteiger partial charge in [-0.25, -0.2) is 17.9 Å². The van der Waals surface area contributed by atoms with Crippen LogP contribution in [-0.2, 0) is 21.2 Å². The molecule has 0 spiro atoms. The first-order valence-corrected chi connectivity index (χ1v) is 9.87. The van der Waals surface area contributed by atoms with E-state index in [1.807, 2.05) is 6.07 Å². The van der Waals surface area contributed by atoms with Gasteiger partial charge in [-0.3, -0.25) is 4.79 Å². The van der Waals surface area contributed by atoms with Crippen LogP contribution >= 0.6 is 0 Å². The fourth-order valence-electron chi connectivity index (χ4n) is 2.47. The van der Waals surface area contributed by atoms with E-state index in [0.717, 1.165) is 5.56 Å². The van der Waals surface area contributed by atoms with Crippen LogP contribution in [0, 0.1) is 0 Å². The fourth-order valence-corrected chi connectivity index (χ4v) is 3.77. The molecule has 0 unspecified atom stereocenters. The maximum absolute atomic E-state index is 12.5. The monoisotopic (exact) mass is 390 g/mol. The van der Waals surface area contributed by atoms with Crippen LogP contribution in [0.4, 0.5) is 0 Å². The van der Waals surface area contributed by atoms with Crippen molar-refractivity contribution in [3.63, 3.8) is 0 Å². The number of amides is 1. The number of rotatable bonds is 8. The highest BCUT2D eigenvalue weighted by Gasteiger charge is 2.22. The summed E-state index contributed by atoms with van der Waals surface area (Å²) in [4.78, 5) is 23.9. The number of sulfonamides is 1. The van der Waals surface area contributed by atoms with E-state index in [1.165, 1.54) is 24.3 Å². The predicted molar refractivity (Wildman–Crippen MR) is 101 cm³/mol. The highest BCUT2D eigenvalue weighted by atomic mass is 32.2. The zero-order valence-electron chi connectivity index (χ0n) is 15.0. The Labute approximate surface area is 158 Å². The number of hydrogen-bond donors (Lipinski definition) is 3. The molecule has 0 fully saturated rings. The Morgan fingerprint density at radius 1 is 1.04 bits per heavy atom. The smallest absolute Gasteiger partial charge is 0.326 e. The van der Waals surface area contributed by atoms with Crippen LogP contribution in [-0.4, -0.2) is 37.5 Å². The number of benzene rings is 2. The van der Waals surface area contributed by atoms with Gasteiger partial charge in [0, 0.05) is 18.0 Å². The molecule has 0 aromatic heterocycles. The van der Waals surface area contributed by atoms with Crippen LogP contribution in [0.1, 0.15) is 29.8 Å². The van der Waals surface area contributed by atoms with Gasteiger partial charge in [-0.1, -0.05) is 36.4 Å². The number of carbonyl (C=O) groups excluding carboxylic acids is 1. The summed E-state index contributed by atoms with van der Waals surface area (Å²) in [6.07, 6.45) is 0.120. The number of nitrogens with one attached hydrogen (secondary N) is 2. The Morgan fingerprint density at radius 3 is 2.30 bits per heavy atom. The Morgan fingerprint density at radius 2 is 1.70 bits per heavy atom. The van der Waals surface area contributed by atoms with Gasteiger partial charge < -0.3 is 10.4 Å². The summed E-state index contributed by atoms with van der Waals surface area (Å²) >= 11 is 0. The highest BCUT2D eigenvalue weighted by Crippen LogP contribution is 2.13. The van der Waals surface area contributed by atoms with E-state index in [0.29, 0.717) is 0 Å². The normalized spacial score (nSPS) is 12.6. The lowest BCUT2D eigenvalue weighted by Crippen LogP contribution is -2.42. The molecule has 27 heavy (non-hydrogen) atoms. The van der Waals surface area contributed by atoms with Crippen molar-refractivity contribution >= 4 is 21.9 Å². The van der Waals surface area contributed by atoms with E-state index in [4.69, 9.17) is 0 Å². The molecule has 0 aliphatic rings. The molecule has 0 aliphatic carbocycles. The number of carbonyl (C=O) groups is 2. The van der Waals surface area contributed by atoms with Crippen LogP contribution in [0.15, 0.2) is 59.5 Å². The minimum atomic E-state index is -3.76. The molecule has 0 saturated carbocycles. The van der Waals surface area contributed by atoms with Crippen molar-refractivity contribution in [2.45, 2.75) is 37.2 Å². The van der Waals surface area contributed by atoms with Crippen molar-refractivity contribution in [3.05, 3.63) is 65.7 Å². The van der Waals surface area contributed by atoms with Crippen LogP contribution in [0.25, 0.3) is 0 Å². The molecular formula is C19H22N2O5S. The van der Waals surface area contributed by atoms with E-state index < -0.39 is 27.9 Å². The quantitative estimate of drug-likeness (QED) is 0.636. The summed E-state index contributed by atoms with van der Waals surface area (Å²) in [5.41, 5.74) is 0.837. The molecule has 8 heteroatoms. The second-order valence-corrected chi connectivity index (χ2v) is 8.07. The van der Waals surface area contributed by atoms with Crippen LogP contribution in [0.2, 0.25) is 0 Å². The molecule has 2 aromatic rings. The summed E-state index contributed by atoms with van der Waals surface area (Å²) in [6.45, 7) is 3.38. The minimum absolute atomic E-state index is 0.0567. The van der Waals surface area contributed by atoms with Crippen molar-refractivity contribution in [3.8, 4) is 0 Å². The number of aliphatic carboxylic acids is 1. The van der Waals surface area contributed by atoms with Gasteiger partial charge >= 0.3 is 5.97 Å². The van der Waals surface area contributed by atoms with Gasteiger partial charge in [-0.05, 0) is 37.6 Å². The maximum atomic E-state index is 12.5. The molecule has 1 atom stereocenters. The van der Waals surface area contributed by atoms with Gasteiger partial charge in [0.05, 0.1) is 4.90 Å². The molecule has 3 N–H and O–H groups in total. The molecule has 7 nitrogen and oxygen atoms in total. The second-order valence-electron chi connectivity index (χ2n) is 6.36. The molecule has 0 radical (unpaired) electrons. The van der Waals surface area contributed by atoms with Crippen molar-refractivity contribution in [1.29, 1.82) is 0 Å². The largest absolute Gasteiger partial charge is 0.480 e. The lowest BCUT2D eigenvalue weighted by atomic mass is 10.1. The lowest BCUT2D eigenvalue weighted by Gasteiger charge is -2.15. The van der Waals surface area contributed by atoms with E-state index in [-0.39, 0.29) is 22.9 Å².